The Bertz CT molecular complexity index is 435. The number of hydrogen-bond donors (Lipinski definition) is 2. The van der Waals surface area contributed by atoms with Gasteiger partial charge >= 0.3 is 5.97 Å². The summed E-state index contributed by atoms with van der Waals surface area (Å²) in [6.45, 7) is 6.14. The van der Waals surface area contributed by atoms with Crippen molar-refractivity contribution in [3.63, 3.8) is 0 Å². The maximum Gasteiger partial charge on any atom is 0.308 e. The Balaban J connectivity index is 2.67. The average molecular weight is 269 g/mol. The van der Waals surface area contributed by atoms with Crippen LogP contribution in [0.1, 0.15) is 20.8 Å². The molecule has 1 aromatic rings. The van der Waals surface area contributed by atoms with Crippen LogP contribution in [-0.2, 0) is 4.79 Å². The molecule has 0 aliphatic carbocycles. The molecule has 0 saturated carbocycles. The van der Waals surface area contributed by atoms with Crippen molar-refractivity contribution in [1.82, 2.24) is 0 Å². The summed E-state index contributed by atoms with van der Waals surface area (Å²) < 4.78 is 18.7. The van der Waals surface area contributed by atoms with Gasteiger partial charge in [0.1, 0.15) is 0 Å². The highest BCUT2D eigenvalue weighted by atomic mass is 19.1. The number of carboxylic acids is 1. The molecule has 0 saturated heterocycles. The molecular formula is C14H20FNO3. The molecule has 0 aromatic heterocycles. The van der Waals surface area contributed by atoms with Gasteiger partial charge in [-0.1, -0.05) is 13.8 Å². The Kier molecular flexibility index (Phi) is 5.60. The minimum Gasteiger partial charge on any atom is -0.491 e. The first kappa shape index (κ1) is 15.3. The molecule has 106 valence electrons. The fourth-order valence-corrected chi connectivity index (χ4v) is 1.72. The summed E-state index contributed by atoms with van der Waals surface area (Å²) in [5.41, 5.74) is 0.549. The van der Waals surface area contributed by atoms with Crippen molar-refractivity contribution in [2.75, 3.05) is 18.5 Å². The number of benzene rings is 1. The molecule has 4 nitrogen and oxygen atoms in total. The van der Waals surface area contributed by atoms with E-state index in [0.29, 0.717) is 12.3 Å². The van der Waals surface area contributed by atoms with Crippen molar-refractivity contribution in [3.8, 4) is 5.75 Å². The normalized spacial score (nSPS) is 12.3. The zero-order valence-corrected chi connectivity index (χ0v) is 11.4. The summed E-state index contributed by atoms with van der Waals surface area (Å²) in [7, 11) is 0. The van der Waals surface area contributed by atoms with E-state index in [1.54, 1.807) is 13.0 Å². The predicted molar refractivity (Wildman–Crippen MR) is 72.0 cm³/mol. The van der Waals surface area contributed by atoms with Gasteiger partial charge in [0.05, 0.1) is 12.5 Å². The van der Waals surface area contributed by atoms with Crippen LogP contribution in [0.4, 0.5) is 10.1 Å². The van der Waals surface area contributed by atoms with Crippen molar-refractivity contribution in [3.05, 3.63) is 24.0 Å². The summed E-state index contributed by atoms with van der Waals surface area (Å²) >= 11 is 0. The number of hydrogen-bond acceptors (Lipinski definition) is 3. The Labute approximate surface area is 112 Å². The van der Waals surface area contributed by atoms with Crippen LogP contribution in [0.25, 0.3) is 0 Å². The number of halogens is 1. The molecule has 0 amide bonds. The van der Waals surface area contributed by atoms with Crippen molar-refractivity contribution < 1.29 is 19.0 Å². The molecular weight excluding hydrogens is 249 g/mol. The minimum atomic E-state index is -0.853. The zero-order chi connectivity index (χ0) is 14.4. The minimum absolute atomic E-state index is 0.0116. The van der Waals surface area contributed by atoms with Crippen molar-refractivity contribution in [1.29, 1.82) is 0 Å². The third kappa shape index (κ3) is 4.43. The number of rotatable bonds is 7. The van der Waals surface area contributed by atoms with E-state index in [-0.39, 0.29) is 18.2 Å². The highest BCUT2D eigenvalue weighted by molar-refractivity contribution is 5.71. The number of nitrogens with one attached hydrogen (secondary N) is 1. The molecule has 5 heteroatoms. The van der Waals surface area contributed by atoms with Crippen molar-refractivity contribution in [2.24, 2.45) is 11.8 Å². The fourth-order valence-electron chi connectivity index (χ4n) is 1.72. The lowest BCUT2D eigenvalue weighted by Gasteiger charge is -2.17. The zero-order valence-electron chi connectivity index (χ0n) is 11.4. The van der Waals surface area contributed by atoms with Crippen molar-refractivity contribution >= 4 is 11.7 Å². The molecule has 1 aromatic carbocycles. The predicted octanol–water partition coefficient (Wildman–Crippen LogP) is 2.99. The molecule has 0 heterocycles. The quantitative estimate of drug-likeness (QED) is 0.799. The van der Waals surface area contributed by atoms with E-state index < -0.39 is 17.7 Å². The van der Waals surface area contributed by atoms with Crippen molar-refractivity contribution in [2.45, 2.75) is 20.8 Å². The number of carboxylic acid groups (broad SMARTS) is 1. The highest BCUT2D eigenvalue weighted by Crippen LogP contribution is 2.22. The Morgan fingerprint density at radius 1 is 1.47 bits per heavy atom. The summed E-state index contributed by atoms with van der Waals surface area (Å²) in [6.07, 6.45) is 0. The highest BCUT2D eigenvalue weighted by Gasteiger charge is 2.21. The van der Waals surface area contributed by atoms with E-state index in [4.69, 9.17) is 9.84 Å². The summed E-state index contributed by atoms with van der Waals surface area (Å²) in [5.74, 6) is -1.60. The van der Waals surface area contributed by atoms with Gasteiger partial charge in [0, 0.05) is 18.3 Å². The van der Waals surface area contributed by atoms with E-state index in [9.17, 15) is 9.18 Å². The lowest BCUT2D eigenvalue weighted by molar-refractivity contribution is -0.142. The Morgan fingerprint density at radius 3 is 2.63 bits per heavy atom. The Hall–Kier alpha value is -1.78. The monoisotopic (exact) mass is 269 g/mol. The van der Waals surface area contributed by atoms with Crippen LogP contribution in [0.3, 0.4) is 0 Å². The lowest BCUT2D eigenvalue weighted by Crippen LogP contribution is -2.27. The van der Waals surface area contributed by atoms with Gasteiger partial charge in [0.25, 0.3) is 0 Å². The molecule has 1 rings (SSSR count). The van der Waals surface area contributed by atoms with Crippen LogP contribution in [0.5, 0.6) is 5.75 Å². The van der Waals surface area contributed by atoms with Crippen LogP contribution in [-0.4, -0.2) is 24.2 Å². The van der Waals surface area contributed by atoms with E-state index >= 15 is 0 Å². The summed E-state index contributed by atoms with van der Waals surface area (Å²) in [6, 6.07) is 4.52. The lowest BCUT2D eigenvalue weighted by atomic mass is 9.96. The maximum atomic E-state index is 13.6. The topological polar surface area (TPSA) is 58.6 Å². The molecule has 0 fully saturated rings. The van der Waals surface area contributed by atoms with E-state index in [2.05, 4.69) is 5.32 Å². The van der Waals surface area contributed by atoms with Gasteiger partial charge < -0.3 is 15.2 Å². The van der Waals surface area contributed by atoms with E-state index in [1.807, 2.05) is 13.8 Å². The second kappa shape index (κ2) is 6.97. The Morgan fingerprint density at radius 2 is 2.16 bits per heavy atom. The number of ether oxygens (including phenoxy) is 1. The van der Waals surface area contributed by atoms with Crippen LogP contribution < -0.4 is 10.1 Å². The van der Waals surface area contributed by atoms with Crippen LogP contribution in [0.15, 0.2) is 18.2 Å². The van der Waals surface area contributed by atoms with Crippen LogP contribution >= 0.6 is 0 Å². The third-order valence-electron chi connectivity index (χ3n) is 2.88. The molecule has 0 aliphatic rings. The van der Waals surface area contributed by atoms with E-state index in [0.717, 1.165) is 0 Å². The molecule has 0 radical (unpaired) electrons. The van der Waals surface area contributed by atoms with Crippen LogP contribution in [0, 0.1) is 17.7 Å². The first-order valence-electron chi connectivity index (χ1n) is 6.34. The van der Waals surface area contributed by atoms with Gasteiger partial charge in [-0.15, -0.1) is 0 Å². The first-order chi connectivity index (χ1) is 8.95. The molecule has 2 N–H and O–H groups in total. The molecule has 19 heavy (non-hydrogen) atoms. The largest absolute Gasteiger partial charge is 0.491 e. The molecule has 1 atom stereocenters. The molecule has 0 bridgehead atoms. The van der Waals surface area contributed by atoms with E-state index in [1.165, 1.54) is 12.1 Å². The first-order valence-corrected chi connectivity index (χ1v) is 6.34. The number of aliphatic carboxylic acids is 1. The van der Waals surface area contributed by atoms with Gasteiger partial charge in [-0.05, 0) is 25.0 Å². The number of anilines is 1. The molecule has 0 spiro atoms. The van der Waals surface area contributed by atoms with Gasteiger partial charge in [0.2, 0.25) is 0 Å². The molecule has 1 unspecified atom stereocenters. The second-order valence-corrected chi connectivity index (χ2v) is 4.65. The second-order valence-electron chi connectivity index (χ2n) is 4.65. The maximum absolute atomic E-state index is 13.6. The standard InChI is InChI=1S/C14H20FNO3/c1-4-19-13-6-5-10(7-12(13)15)16-8-11(9(2)3)14(17)18/h5-7,9,11,16H,4,8H2,1-3H3,(H,17,18). The SMILES string of the molecule is CCOc1ccc(NCC(C(=O)O)C(C)C)cc1F. The summed E-state index contributed by atoms with van der Waals surface area (Å²) in [5, 5.41) is 12.0. The van der Waals surface area contributed by atoms with Gasteiger partial charge in [-0.25, -0.2) is 4.39 Å². The fraction of sp³-hybridized carbons (Fsp3) is 0.500. The van der Waals surface area contributed by atoms with Gasteiger partial charge in [-0.3, -0.25) is 4.79 Å². The number of carbonyl (C=O) groups is 1. The smallest absolute Gasteiger partial charge is 0.308 e. The van der Waals surface area contributed by atoms with Gasteiger partial charge in [-0.2, -0.15) is 0 Å². The molecule has 0 aliphatic heterocycles. The van der Waals surface area contributed by atoms with Crippen LogP contribution in [0.2, 0.25) is 0 Å². The third-order valence-corrected chi connectivity index (χ3v) is 2.88. The van der Waals surface area contributed by atoms with Gasteiger partial charge in [0.15, 0.2) is 11.6 Å². The average Bonchev–Trinajstić information content (AvgIpc) is 2.32. The summed E-state index contributed by atoms with van der Waals surface area (Å²) in [4.78, 5) is 11.0.